The van der Waals surface area contributed by atoms with Crippen molar-refractivity contribution in [2.45, 2.75) is 27.7 Å². The highest BCUT2D eigenvalue weighted by molar-refractivity contribution is 5.47. The minimum absolute atomic E-state index is 0.150. The highest BCUT2D eigenvalue weighted by Gasteiger charge is 2.13. The van der Waals surface area contributed by atoms with Gasteiger partial charge in [-0.05, 0) is 24.0 Å². The van der Waals surface area contributed by atoms with E-state index < -0.39 is 0 Å². The Hall–Kier alpha value is -1.51. The molecule has 0 amide bonds. The number of nitrogens with zero attached hydrogens (tertiary/aromatic N) is 2. The van der Waals surface area contributed by atoms with Crippen LogP contribution in [-0.4, -0.2) is 9.66 Å². The van der Waals surface area contributed by atoms with E-state index >= 15 is 0 Å². The third-order valence-electron chi connectivity index (χ3n) is 2.29. The van der Waals surface area contributed by atoms with E-state index in [1.807, 2.05) is 13.0 Å². The molecule has 0 aromatic carbocycles. The minimum atomic E-state index is 0.150. The number of hydrogen-bond donors (Lipinski definition) is 1. The van der Waals surface area contributed by atoms with Gasteiger partial charge in [-0.3, -0.25) is 4.68 Å². The van der Waals surface area contributed by atoms with Crippen molar-refractivity contribution in [2.24, 2.45) is 5.41 Å². The molecule has 1 heterocycles. The quantitative estimate of drug-likeness (QED) is 0.595. The molecule has 2 N–H and O–H groups in total. The Morgan fingerprint density at radius 3 is 2.53 bits per heavy atom. The Morgan fingerprint density at radius 1 is 1.47 bits per heavy atom. The van der Waals surface area contributed by atoms with Crippen molar-refractivity contribution in [3.63, 3.8) is 0 Å². The van der Waals surface area contributed by atoms with Gasteiger partial charge < -0.3 is 5.84 Å². The molecular formula is C12H19N3. The van der Waals surface area contributed by atoms with Crippen LogP contribution >= 0.6 is 0 Å². The van der Waals surface area contributed by atoms with Crippen LogP contribution in [0, 0.1) is 5.41 Å². The van der Waals surface area contributed by atoms with Gasteiger partial charge in [0.05, 0.1) is 0 Å². The largest absolute Gasteiger partial charge is 0.338 e. The van der Waals surface area contributed by atoms with Gasteiger partial charge in [0.2, 0.25) is 0 Å². The number of rotatable bonds is 2. The molecule has 3 heteroatoms. The van der Waals surface area contributed by atoms with Gasteiger partial charge in [-0.15, -0.1) is 0 Å². The maximum atomic E-state index is 5.66. The second kappa shape index (κ2) is 4.34. The fourth-order valence-electron chi connectivity index (χ4n) is 1.40. The van der Waals surface area contributed by atoms with Crippen LogP contribution in [0.15, 0.2) is 30.1 Å². The predicted octanol–water partition coefficient (Wildman–Crippen LogP) is 2.60. The molecule has 0 saturated carbocycles. The van der Waals surface area contributed by atoms with E-state index in [2.05, 4.69) is 37.9 Å². The summed E-state index contributed by atoms with van der Waals surface area (Å²) in [4.78, 5) is 4.13. The van der Waals surface area contributed by atoms with Gasteiger partial charge in [-0.2, -0.15) is 0 Å². The molecule has 1 aromatic rings. The number of aromatic nitrogens is 2. The monoisotopic (exact) mass is 205 g/mol. The zero-order chi connectivity index (χ0) is 11.5. The topological polar surface area (TPSA) is 43.8 Å². The van der Waals surface area contributed by atoms with Gasteiger partial charge in [0.15, 0.2) is 5.82 Å². The number of imidazole rings is 1. The lowest BCUT2D eigenvalue weighted by atomic mass is 9.86. The van der Waals surface area contributed by atoms with Gasteiger partial charge >= 0.3 is 0 Å². The normalized spacial score (nSPS) is 13.7. The van der Waals surface area contributed by atoms with E-state index in [0.29, 0.717) is 0 Å². The Labute approximate surface area is 91.3 Å². The lowest BCUT2D eigenvalue weighted by molar-refractivity contribution is 0.516. The molecule has 0 spiro atoms. The molecular weight excluding hydrogens is 186 g/mol. The maximum absolute atomic E-state index is 5.66. The first-order chi connectivity index (χ1) is 6.95. The van der Waals surface area contributed by atoms with Crippen molar-refractivity contribution < 1.29 is 0 Å². The van der Waals surface area contributed by atoms with Crippen molar-refractivity contribution in [3.05, 3.63) is 35.9 Å². The fraction of sp³-hybridized carbons (Fsp3) is 0.417. The molecule has 1 rings (SSSR count). The molecule has 0 aliphatic carbocycles. The number of hydrogen-bond acceptors (Lipinski definition) is 2. The second-order valence-electron chi connectivity index (χ2n) is 4.52. The van der Waals surface area contributed by atoms with Crippen LogP contribution in [0.5, 0.6) is 0 Å². The molecule has 0 fully saturated rings. The molecule has 0 unspecified atom stereocenters. The van der Waals surface area contributed by atoms with Crippen LogP contribution in [0.4, 0.5) is 0 Å². The van der Waals surface area contributed by atoms with Crippen LogP contribution in [0.3, 0.4) is 0 Å². The summed E-state index contributed by atoms with van der Waals surface area (Å²) in [6.45, 7) is 8.59. The van der Waals surface area contributed by atoms with Crippen LogP contribution in [0.25, 0.3) is 6.08 Å². The van der Waals surface area contributed by atoms with Gasteiger partial charge in [0, 0.05) is 12.4 Å². The Bertz CT molecular complexity index is 378. The SMILES string of the molecule is C/C=C(\C=C/c1nccn1N)C(C)(C)C. The average Bonchev–Trinajstić information content (AvgIpc) is 2.50. The Kier molecular flexibility index (Phi) is 3.35. The predicted molar refractivity (Wildman–Crippen MR) is 64.6 cm³/mol. The molecule has 0 saturated heterocycles. The summed E-state index contributed by atoms with van der Waals surface area (Å²) in [7, 11) is 0. The van der Waals surface area contributed by atoms with E-state index in [0.717, 1.165) is 5.82 Å². The number of allylic oxidation sites excluding steroid dienone is 3. The smallest absolute Gasteiger partial charge is 0.150 e. The lowest BCUT2D eigenvalue weighted by Gasteiger charge is -2.19. The first-order valence-electron chi connectivity index (χ1n) is 5.08. The molecule has 0 atom stereocenters. The average molecular weight is 205 g/mol. The van der Waals surface area contributed by atoms with E-state index in [-0.39, 0.29) is 5.41 Å². The van der Waals surface area contributed by atoms with E-state index in [1.165, 1.54) is 10.2 Å². The van der Waals surface area contributed by atoms with E-state index in [9.17, 15) is 0 Å². The molecule has 15 heavy (non-hydrogen) atoms. The number of nitrogens with two attached hydrogens (primary N) is 1. The van der Waals surface area contributed by atoms with Crippen LogP contribution < -0.4 is 5.84 Å². The molecule has 82 valence electrons. The lowest BCUT2D eigenvalue weighted by Crippen LogP contribution is -2.09. The maximum Gasteiger partial charge on any atom is 0.150 e. The molecule has 1 aromatic heterocycles. The standard InChI is InChI=1S/C12H19N3/c1-5-10(12(2,3)4)6-7-11-14-8-9-15(11)13/h5-9H,13H2,1-4H3/b7-6-,10-5+. The van der Waals surface area contributed by atoms with Gasteiger partial charge in [-0.1, -0.05) is 32.9 Å². The van der Waals surface area contributed by atoms with Crippen LogP contribution in [0.1, 0.15) is 33.5 Å². The molecule has 0 aliphatic heterocycles. The third kappa shape index (κ3) is 2.98. The van der Waals surface area contributed by atoms with Crippen molar-refractivity contribution >= 4 is 6.08 Å². The molecule has 0 bridgehead atoms. The van der Waals surface area contributed by atoms with Gasteiger partial charge in [0.25, 0.3) is 0 Å². The highest BCUT2D eigenvalue weighted by atomic mass is 15.3. The second-order valence-corrected chi connectivity index (χ2v) is 4.52. The van der Waals surface area contributed by atoms with Crippen molar-refractivity contribution in [1.29, 1.82) is 0 Å². The van der Waals surface area contributed by atoms with Crippen LogP contribution in [0.2, 0.25) is 0 Å². The first-order valence-corrected chi connectivity index (χ1v) is 5.08. The summed E-state index contributed by atoms with van der Waals surface area (Å²) in [6.07, 6.45) is 9.52. The van der Waals surface area contributed by atoms with Gasteiger partial charge in [0.1, 0.15) is 0 Å². The summed E-state index contributed by atoms with van der Waals surface area (Å²) < 4.78 is 1.51. The first kappa shape index (κ1) is 11.6. The zero-order valence-electron chi connectivity index (χ0n) is 9.86. The van der Waals surface area contributed by atoms with Crippen molar-refractivity contribution in [1.82, 2.24) is 9.66 Å². The fourth-order valence-corrected chi connectivity index (χ4v) is 1.40. The summed E-state index contributed by atoms with van der Waals surface area (Å²) in [5.41, 5.74) is 1.42. The highest BCUT2D eigenvalue weighted by Crippen LogP contribution is 2.26. The molecule has 0 radical (unpaired) electrons. The zero-order valence-corrected chi connectivity index (χ0v) is 9.86. The third-order valence-corrected chi connectivity index (χ3v) is 2.29. The van der Waals surface area contributed by atoms with E-state index in [1.54, 1.807) is 12.4 Å². The Morgan fingerprint density at radius 2 is 2.13 bits per heavy atom. The summed E-state index contributed by atoms with van der Waals surface area (Å²) in [5.74, 6) is 6.42. The molecule has 3 nitrogen and oxygen atoms in total. The van der Waals surface area contributed by atoms with Crippen molar-refractivity contribution in [2.75, 3.05) is 5.84 Å². The van der Waals surface area contributed by atoms with E-state index in [4.69, 9.17) is 5.84 Å². The summed E-state index contributed by atoms with van der Waals surface area (Å²) in [5, 5.41) is 0. The Balaban J connectivity index is 2.86. The van der Waals surface area contributed by atoms with Crippen LogP contribution in [-0.2, 0) is 0 Å². The number of nitrogen functional groups attached to an aromatic ring is 1. The van der Waals surface area contributed by atoms with Gasteiger partial charge in [-0.25, -0.2) is 4.98 Å². The summed E-state index contributed by atoms with van der Waals surface area (Å²) >= 11 is 0. The molecule has 0 aliphatic rings. The van der Waals surface area contributed by atoms with Crippen molar-refractivity contribution in [3.8, 4) is 0 Å². The minimum Gasteiger partial charge on any atom is -0.338 e. The summed E-state index contributed by atoms with van der Waals surface area (Å²) in [6, 6.07) is 0.